The summed E-state index contributed by atoms with van der Waals surface area (Å²) in [4.78, 5) is 10.3. The van der Waals surface area contributed by atoms with Crippen LogP contribution in [-0.4, -0.2) is 22.7 Å². The lowest BCUT2D eigenvalue weighted by Crippen LogP contribution is -2.25. The van der Waals surface area contributed by atoms with Crippen molar-refractivity contribution in [3.05, 3.63) is 17.5 Å². The summed E-state index contributed by atoms with van der Waals surface area (Å²) < 4.78 is 52.5. The molecule has 78 valence electrons. The fourth-order valence-electron chi connectivity index (χ4n) is 0.731. The van der Waals surface area contributed by atoms with Crippen molar-refractivity contribution in [2.45, 2.75) is 12.3 Å². The largest absolute Gasteiger partial charge is 0.478 e. The first-order valence-corrected chi connectivity index (χ1v) is 3.21. The van der Waals surface area contributed by atoms with Crippen molar-refractivity contribution in [3.63, 3.8) is 0 Å². The summed E-state index contributed by atoms with van der Waals surface area (Å²) in [5.74, 6) is -8.09. The molecule has 0 atom stereocenters. The molecule has 14 heavy (non-hydrogen) atoms. The van der Waals surface area contributed by atoms with Crippen LogP contribution in [0.5, 0.6) is 0 Å². The van der Waals surface area contributed by atoms with E-state index < -0.39 is 29.6 Å². The molecule has 1 rings (SSSR count). The second-order valence-electron chi connectivity index (χ2n) is 2.30. The Morgan fingerprint density at radius 3 is 2.57 bits per heavy atom. The summed E-state index contributed by atoms with van der Waals surface area (Å²) >= 11 is 0. The van der Waals surface area contributed by atoms with E-state index in [9.17, 15) is 22.4 Å². The van der Waals surface area contributed by atoms with E-state index in [0.29, 0.717) is 6.20 Å². The maximum Gasteiger partial charge on any atom is 0.367 e. The molecular formula is C6H3F4NO3. The highest BCUT2D eigenvalue weighted by Gasteiger charge is 2.49. The molecule has 0 saturated carbocycles. The highest BCUT2D eigenvalue weighted by molar-refractivity contribution is 5.88. The first-order valence-electron chi connectivity index (χ1n) is 3.21. The molecule has 0 saturated heterocycles. The topological polar surface area (TPSA) is 63.3 Å². The highest BCUT2D eigenvalue weighted by Crippen LogP contribution is 2.36. The van der Waals surface area contributed by atoms with Gasteiger partial charge in [0.15, 0.2) is 0 Å². The monoisotopic (exact) mass is 213 g/mol. The number of carboxylic acids is 1. The van der Waals surface area contributed by atoms with Gasteiger partial charge in [0.1, 0.15) is 5.56 Å². The van der Waals surface area contributed by atoms with E-state index in [1.54, 1.807) is 0 Å². The lowest BCUT2D eigenvalue weighted by atomic mass is 10.2. The zero-order chi connectivity index (χ0) is 10.9. The van der Waals surface area contributed by atoms with Gasteiger partial charge in [-0.25, -0.2) is 13.6 Å². The molecule has 0 bridgehead atoms. The predicted molar refractivity (Wildman–Crippen MR) is 33.4 cm³/mol. The van der Waals surface area contributed by atoms with Crippen molar-refractivity contribution in [2.75, 3.05) is 0 Å². The second kappa shape index (κ2) is 3.28. The zero-order valence-corrected chi connectivity index (χ0v) is 6.38. The summed E-state index contributed by atoms with van der Waals surface area (Å²) in [6.45, 7) is 0. The van der Waals surface area contributed by atoms with E-state index in [4.69, 9.17) is 5.11 Å². The fraction of sp³-hybridized carbons (Fsp3) is 0.333. The molecule has 0 fully saturated rings. The SMILES string of the molecule is O=C(O)c1cnoc1C(F)(F)C(F)F. The molecule has 0 unspecified atom stereocenters. The number of nitrogens with zero attached hydrogens (tertiary/aromatic N) is 1. The standard InChI is InChI=1S/C6H3F4NO3/c7-5(8)6(9,10)3-2(4(12)13)1-11-14-3/h1,5H,(H,12,13). The van der Waals surface area contributed by atoms with Gasteiger partial charge in [0.25, 0.3) is 0 Å². The smallest absolute Gasteiger partial charge is 0.367 e. The average Bonchev–Trinajstić information content (AvgIpc) is 2.51. The van der Waals surface area contributed by atoms with Gasteiger partial charge in [0, 0.05) is 0 Å². The highest BCUT2D eigenvalue weighted by atomic mass is 19.3. The lowest BCUT2D eigenvalue weighted by Gasteiger charge is -2.11. The number of aromatic nitrogens is 1. The Balaban J connectivity index is 3.18. The van der Waals surface area contributed by atoms with Gasteiger partial charge < -0.3 is 9.63 Å². The van der Waals surface area contributed by atoms with Gasteiger partial charge in [-0.1, -0.05) is 5.16 Å². The number of carboxylic acid groups (broad SMARTS) is 1. The van der Waals surface area contributed by atoms with E-state index in [0.717, 1.165) is 0 Å². The van der Waals surface area contributed by atoms with E-state index in [-0.39, 0.29) is 0 Å². The van der Waals surface area contributed by atoms with E-state index in [1.165, 1.54) is 0 Å². The molecule has 4 nitrogen and oxygen atoms in total. The molecule has 1 aromatic rings. The zero-order valence-electron chi connectivity index (χ0n) is 6.38. The summed E-state index contributed by atoms with van der Waals surface area (Å²) in [6.07, 6.45) is -3.61. The Morgan fingerprint density at radius 2 is 2.14 bits per heavy atom. The van der Waals surface area contributed by atoms with Crippen molar-refractivity contribution in [2.24, 2.45) is 0 Å². The number of rotatable bonds is 3. The third-order valence-corrected chi connectivity index (χ3v) is 1.38. The van der Waals surface area contributed by atoms with E-state index in [1.807, 2.05) is 0 Å². The summed E-state index contributed by atoms with van der Waals surface area (Å²) in [7, 11) is 0. The van der Waals surface area contributed by atoms with Crippen molar-refractivity contribution in [1.29, 1.82) is 0 Å². The Hall–Kier alpha value is -1.60. The predicted octanol–water partition coefficient (Wildman–Crippen LogP) is 1.73. The van der Waals surface area contributed by atoms with Crippen molar-refractivity contribution >= 4 is 5.97 Å². The van der Waals surface area contributed by atoms with Crippen LogP contribution in [0.3, 0.4) is 0 Å². The third kappa shape index (κ3) is 1.54. The first-order chi connectivity index (χ1) is 6.37. The Morgan fingerprint density at radius 1 is 1.57 bits per heavy atom. The minimum atomic E-state index is -4.65. The normalized spacial score (nSPS) is 12.1. The molecule has 1 N–H and O–H groups in total. The number of carbonyl (C=O) groups is 1. The molecule has 0 aliphatic rings. The maximum absolute atomic E-state index is 12.6. The Labute approximate surface area is 74.1 Å². The molecule has 0 radical (unpaired) electrons. The van der Waals surface area contributed by atoms with Crippen LogP contribution in [0, 0.1) is 0 Å². The lowest BCUT2D eigenvalue weighted by molar-refractivity contribution is -0.149. The number of hydrogen-bond donors (Lipinski definition) is 1. The van der Waals surface area contributed by atoms with Crippen LogP contribution < -0.4 is 0 Å². The number of aromatic carboxylic acids is 1. The van der Waals surface area contributed by atoms with Crippen LogP contribution >= 0.6 is 0 Å². The molecular weight excluding hydrogens is 210 g/mol. The molecule has 0 aliphatic carbocycles. The van der Waals surface area contributed by atoms with Crippen molar-refractivity contribution in [1.82, 2.24) is 5.16 Å². The summed E-state index contributed by atoms with van der Waals surface area (Å²) in [6, 6.07) is 0. The van der Waals surface area contributed by atoms with Gasteiger partial charge >= 0.3 is 18.3 Å². The van der Waals surface area contributed by atoms with Crippen molar-refractivity contribution in [3.8, 4) is 0 Å². The quantitative estimate of drug-likeness (QED) is 0.776. The molecule has 0 amide bonds. The first kappa shape index (κ1) is 10.5. The van der Waals surface area contributed by atoms with Gasteiger partial charge in [-0.15, -0.1) is 0 Å². The fourth-order valence-corrected chi connectivity index (χ4v) is 0.731. The van der Waals surface area contributed by atoms with Gasteiger partial charge in [0.05, 0.1) is 6.20 Å². The number of hydrogen-bond acceptors (Lipinski definition) is 3. The van der Waals surface area contributed by atoms with E-state index >= 15 is 0 Å². The van der Waals surface area contributed by atoms with Crippen LogP contribution in [0.15, 0.2) is 10.7 Å². The number of alkyl halides is 4. The molecule has 8 heteroatoms. The molecule has 1 aromatic heterocycles. The van der Waals surface area contributed by atoms with E-state index in [2.05, 4.69) is 9.68 Å². The molecule has 0 aliphatic heterocycles. The number of halogens is 4. The Kier molecular flexibility index (Phi) is 2.45. The second-order valence-corrected chi connectivity index (χ2v) is 2.30. The third-order valence-electron chi connectivity index (χ3n) is 1.38. The van der Waals surface area contributed by atoms with Gasteiger partial charge in [-0.05, 0) is 0 Å². The van der Waals surface area contributed by atoms with Crippen LogP contribution in [0.25, 0.3) is 0 Å². The minimum Gasteiger partial charge on any atom is -0.478 e. The van der Waals surface area contributed by atoms with Gasteiger partial charge in [0.2, 0.25) is 5.76 Å². The van der Waals surface area contributed by atoms with Crippen LogP contribution in [0.4, 0.5) is 17.6 Å². The van der Waals surface area contributed by atoms with Crippen LogP contribution in [-0.2, 0) is 5.92 Å². The van der Waals surface area contributed by atoms with Crippen LogP contribution in [0.1, 0.15) is 16.1 Å². The molecule has 0 spiro atoms. The molecule has 0 aromatic carbocycles. The summed E-state index contributed by atoms with van der Waals surface area (Å²) in [5, 5.41) is 11.0. The Bertz CT molecular complexity index is 349. The van der Waals surface area contributed by atoms with Gasteiger partial charge in [-0.2, -0.15) is 8.78 Å². The maximum atomic E-state index is 12.6. The minimum absolute atomic E-state index is 0.438. The van der Waals surface area contributed by atoms with Gasteiger partial charge in [-0.3, -0.25) is 0 Å². The van der Waals surface area contributed by atoms with Crippen molar-refractivity contribution < 1.29 is 32.0 Å². The van der Waals surface area contributed by atoms with Crippen LogP contribution in [0.2, 0.25) is 0 Å². The molecule has 1 heterocycles. The summed E-state index contributed by atoms with van der Waals surface area (Å²) in [5.41, 5.74) is -1.07. The average molecular weight is 213 g/mol.